The molecule has 33 heavy (non-hydrogen) atoms. The third-order valence-corrected chi connectivity index (χ3v) is 5.60. The van der Waals surface area contributed by atoms with Gasteiger partial charge in [-0.2, -0.15) is 5.10 Å². The van der Waals surface area contributed by atoms with Crippen molar-refractivity contribution in [3.8, 4) is 11.1 Å². The summed E-state index contributed by atoms with van der Waals surface area (Å²) in [6.45, 7) is 5.31. The Kier molecular flexibility index (Phi) is 6.30. The first-order valence-electron chi connectivity index (χ1n) is 10.9. The summed E-state index contributed by atoms with van der Waals surface area (Å²) in [7, 11) is 0. The van der Waals surface area contributed by atoms with Gasteiger partial charge in [-0.05, 0) is 46.5 Å². The fourth-order valence-electron chi connectivity index (χ4n) is 3.93. The van der Waals surface area contributed by atoms with E-state index in [0.717, 1.165) is 33.2 Å². The zero-order valence-electron chi connectivity index (χ0n) is 18.8. The van der Waals surface area contributed by atoms with Crippen LogP contribution in [0, 0.1) is 0 Å². The third kappa shape index (κ3) is 4.52. The van der Waals surface area contributed by atoms with Gasteiger partial charge in [0.25, 0.3) is 0 Å². The third-order valence-electron chi connectivity index (χ3n) is 5.60. The Morgan fingerprint density at radius 3 is 2.52 bits per heavy atom. The smallest absolute Gasteiger partial charge is 0.323 e. The van der Waals surface area contributed by atoms with Gasteiger partial charge in [-0.25, -0.2) is 4.79 Å². The van der Waals surface area contributed by atoms with Crippen LogP contribution in [0.1, 0.15) is 25.0 Å². The van der Waals surface area contributed by atoms with Crippen LogP contribution in [0.5, 0.6) is 0 Å². The number of rotatable bonds is 7. The fourth-order valence-corrected chi connectivity index (χ4v) is 3.93. The Labute approximate surface area is 192 Å². The largest absolute Gasteiger partial charge is 0.382 e. The monoisotopic (exact) mass is 443 g/mol. The maximum Gasteiger partial charge on any atom is 0.323 e. The van der Waals surface area contributed by atoms with Gasteiger partial charge >= 0.3 is 6.03 Å². The summed E-state index contributed by atoms with van der Waals surface area (Å²) in [4.78, 5) is 13.7. The summed E-state index contributed by atoms with van der Waals surface area (Å²) in [5, 5.41) is 11.6. The van der Waals surface area contributed by atoms with Gasteiger partial charge in [-0.3, -0.25) is 10.00 Å². The van der Waals surface area contributed by atoms with Crippen molar-refractivity contribution in [2.75, 3.05) is 10.6 Å². The summed E-state index contributed by atoms with van der Waals surface area (Å²) in [6.07, 6.45) is 0. The van der Waals surface area contributed by atoms with Gasteiger partial charge in [0.1, 0.15) is 0 Å². The number of fused-ring (bicyclic) bond motifs is 1. The summed E-state index contributed by atoms with van der Waals surface area (Å²) in [6, 6.07) is 19.0. The van der Waals surface area contributed by atoms with Gasteiger partial charge in [0.15, 0.2) is 5.82 Å². The molecule has 0 bridgehead atoms. The van der Waals surface area contributed by atoms with Crippen LogP contribution < -0.4 is 27.4 Å². The van der Waals surface area contributed by atoms with E-state index in [2.05, 4.69) is 41.5 Å². The van der Waals surface area contributed by atoms with Gasteiger partial charge in [-0.15, -0.1) is 0 Å². The van der Waals surface area contributed by atoms with Gasteiger partial charge < -0.3 is 22.5 Å². The van der Waals surface area contributed by atoms with Crippen molar-refractivity contribution in [3.63, 3.8) is 0 Å². The van der Waals surface area contributed by atoms with E-state index in [1.54, 1.807) is 0 Å². The van der Waals surface area contributed by atoms with Crippen LogP contribution in [0.3, 0.4) is 0 Å². The lowest BCUT2D eigenvalue weighted by molar-refractivity contribution is 0.256. The lowest BCUT2D eigenvalue weighted by Gasteiger charge is -2.21. The Morgan fingerprint density at radius 2 is 1.85 bits per heavy atom. The van der Waals surface area contributed by atoms with Crippen LogP contribution in [0.4, 0.5) is 22.0 Å². The number of nitrogens with two attached hydrogens (primary N) is 3. The molecule has 8 heteroatoms. The van der Waals surface area contributed by atoms with Crippen molar-refractivity contribution in [1.82, 2.24) is 15.5 Å². The second-order valence-electron chi connectivity index (χ2n) is 8.26. The number of H-pyrrole nitrogens is 1. The number of anilines is 3. The van der Waals surface area contributed by atoms with Crippen molar-refractivity contribution in [2.24, 2.45) is 11.5 Å². The number of nitrogen functional groups attached to an aromatic ring is 1. The molecule has 0 aliphatic carbocycles. The first-order valence-corrected chi connectivity index (χ1v) is 10.9. The number of benzene rings is 3. The normalized spacial score (nSPS) is 11.3. The molecule has 0 aliphatic rings. The molecule has 0 aliphatic heterocycles. The van der Waals surface area contributed by atoms with E-state index in [1.165, 1.54) is 4.90 Å². The minimum absolute atomic E-state index is 0.367. The summed E-state index contributed by atoms with van der Waals surface area (Å²) >= 11 is 0. The number of aromatic amines is 1. The van der Waals surface area contributed by atoms with Crippen LogP contribution in [-0.2, 0) is 13.1 Å². The summed E-state index contributed by atoms with van der Waals surface area (Å²) in [5.41, 5.74) is 23.9. The first kappa shape index (κ1) is 22.3. The van der Waals surface area contributed by atoms with Crippen LogP contribution in [0.2, 0.25) is 0 Å². The number of carbonyl (C=O) groups excluding carboxylic acids is 1. The Balaban J connectivity index is 1.71. The number of amides is 2. The Hall–Kier alpha value is -3.88. The van der Waals surface area contributed by atoms with Crippen molar-refractivity contribution in [3.05, 3.63) is 71.8 Å². The number of hydrogen-bond acceptors (Lipinski definition) is 5. The average molecular weight is 444 g/mol. The molecule has 4 rings (SSSR count). The van der Waals surface area contributed by atoms with Crippen LogP contribution >= 0.6 is 0 Å². The number of hydrogen-bond donors (Lipinski definition) is 5. The number of nitrogens with zero attached hydrogens (tertiary/aromatic N) is 2. The molecule has 1 heterocycles. The maximum atomic E-state index is 12.3. The number of aromatic nitrogens is 2. The molecule has 0 radical (unpaired) electrons. The van der Waals surface area contributed by atoms with E-state index in [4.69, 9.17) is 17.2 Å². The molecule has 1 aromatic heterocycles. The van der Waals surface area contributed by atoms with Gasteiger partial charge in [0.05, 0.1) is 22.3 Å². The van der Waals surface area contributed by atoms with Crippen molar-refractivity contribution < 1.29 is 4.79 Å². The van der Waals surface area contributed by atoms with E-state index >= 15 is 0 Å². The molecular weight excluding hydrogens is 414 g/mol. The molecule has 3 aromatic carbocycles. The zero-order valence-corrected chi connectivity index (χ0v) is 18.8. The zero-order chi connectivity index (χ0) is 23.5. The average Bonchev–Trinajstić information content (AvgIpc) is 3.20. The molecule has 0 spiro atoms. The fraction of sp³-hybridized carbons (Fsp3) is 0.200. The number of primary amides is 1. The highest BCUT2D eigenvalue weighted by atomic mass is 16.2. The van der Waals surface area contributed by atoms with E-state index < -0.39 is 6.03 Å². The molecule has 0 unspecified atom stereocenters. The maximum absolute atomic E-state index is 12.3. The molecule has 0 fully saturated rings. The molecule has 8 nitrogen and oxygen atoms in total. The Morgan fingerprint density at radius 1 is 1.09 bits per heavy atom. The van der Waals surface area contributed by atoms with E-state index in [1.807, 2.05) is 48.5 Å². The predicted octanol–water partition coefficient (Wildman–Crippen LogP) is 3.99. The second-order valence-corrected chi connectivity index (χ2v) is 8.26. The van der Waals surface area contributed by atoms with E-state index in [0.29, 0.717) is 36.3 Å². The summed E-state index contributed by atoms with van der Waals surface area (Å²) < 4.78 is 0. The topological polar surface area (TPSA) is 139 Å². The first-order chi connectivity index (χ1) is 15.9. The molecule has 0 atom stereocenters. The minimum atomic E-state index is -0.569. The second kappa shape index (κ2) is 9.32. The molecule has 2 amide bonds. The van der Waals surface area contributed by atoms with Gasteiger partial charge in [0, 0.05) is 19.1 Å². The van der Waals surface area contributed by atoms with Gasteiger partial charge in [0.2, 0.25) is 0 Å². The molecule has 170 valence electrons. The standard InChI is InChI=1S/C25H29N7O/c1-15(2)29-14-18-8-11-21(22-23(18)30-31-24(22)27)17-6-9-19(10-7-17)32(25(28)33)20-5-3-4-16(12-20)13-26/h3-12,15,29H,13-14,26H2,1-2H3,(H2,28,33)(H3,27,30,31). The Bertz CT molecular complexity index is 1280. The number of carbonyl (C=O) groups is 1. The molecule has 4 aromatic rings. The highest BCUT2D eigenvalue weighted by molar-refractivity contribution is 6.03. The SMILES string of the molecule is CC(C)NCc1ccc(-c2ccc(N(C(N)=O)c3cccc(CN)c3)cc2)c2c(N)n[nH]c12. The van der Waals surface area contributed by atoms with Crippen LogP contribution in [0.25, 0.3) is 22.0 Å². The van der Waals surface area contributed by atoms with Crippen molar-refractivity contribution >= 4 is 34.1 Å². The van der Waals surface area contributed by atoms with Crippen LogP contribution in [0.15, 0.2) is 60.7 Å². The molecule has 0 saturated carbocycles. The lowest BCUT2D eigenvalue weighted by atomic mass is 9.98. The van der Waals surface area contributed by atoms with Crippen LogP contribution in [-0.4, -0.2) is 22.3 Å². The molecule has 0 saturated heterocycles. The quantitative estimate of drug-likeness (QED) is 0.294. The number of nitrogens with one attached hydrogen (secondary N) is 2. The summed E-state index contributed by atoms with van der Waals surface area (Å²) in [5.74, 6) is 0.452. The van der Waals surface area contributed by atoms with Gasteiger partial charge in [-0.1, -0.05) is 50.2 Å². The molecule has 8 N–H and O–H groups in total. The highest BCUT2D eigenvalue weighted by Gasteiger charge is 2.17. The lowest BCUT2D eigenvalue weighted by Crippen LogP contribution is -2.31. The predicted molar refractivity (Wildman–Crippen MR) is 134 cm³/mol. The van der Waals surface area contributed by atoms with Crippen molar-refractivity contribution in [2.45, 2.75) is 33.0 Å². The number of urea groups is 1. The van der Waals surface area contributed by atoms with E-state index in [-0.39, 0.29) is 0 Å². The molecular formula is C25H29N7O. The van der Waals surface area contributed by atoms with E-state index in [9.17, 15) is 4.79 Å². The highest BCUT2D eigenvalue weighted by Crippen LogP contribution is 2.35. The van der Waals surface area contributed by atoms with Crippen molar-refractivity contribution in [1.29, 1.82) is 0 Å². The minimum Gasteiger partial charge on any atom is -0.382 e.